The van der Waals surface area contributed by atoms with Crippen LogP contribution in [0.3, 0.4) is 0 Å². The largest absolute Gasteiger partial charge is 0.304 e. The number of amidine groups is 2. The molecule has 2 unspecified atom stereocenters. The summed E-state index contributed by atoms with van der Waals surface area (Å²) in [5.41, 5.74) is 0. The molecule has 2 heterocycles. The summed E-state index contributed by atoms with van der Waals surface area (Å²) < 4.78 is 0. The number of carbonyl (C=O) groups excluding carboxylic acids is 5. The van der Waals surface area contributed by atoms with Gasteiger partial charge in [-0.1, -0.05) is 30.1 Å². The van der Waals surface area contributed by atoms with Crippen LogP contribution in [-0.2, 0) is 24.0 Å². The highest BCUT2D eigenvalue weighted by atomic mass is 32.2. The lowest BCUT2D eigenvalue weighted by Gasteiger charge is -2.01. The van der Waals surface area contributed by atoms with Crippen molar-refractivity contribution < 1.29 is 24.0 Å². The number of ketones is 3. The van der Waals surface area contributed by atoms with E-state index in [9.17, 15) is 24.0 Å². The zero-order chi connectivity index (χ0) is 22.6. The van der Waals surface area contributed by atoms with Gasteiger partial charge in [-0.15, -0.1) is 0 Å². The van der Waals surface area contributed by atoms with Crippen LogP contribution in [0.1, 0.15) is 33.6 Å². The fourth-order valence-corrected chi connectivity index (χ4v) is 3.53. The van der Waals surface area contributed by atoms with Gasteiger partial charge in [-0.05, 0) is 33.3 Å². The Labute approximate surface area is 178 Å². The number of amides is 2. The quantitative estimate of drug-likeness (QED) is 0.481. The van der Waals surface area contributed by atoms with E-state index in [1.165, 1.54) is 50.4 Å². The molecule has 2 aliphatic heterocycles. The van der Waals surface area contributed by atoms with Crippen LogP contribution in [0.5, 0.6) is 0 Å². The Balaban J connectivity index is 0.000000445. The molecule has 29 heavy (non-hydrogen) atoms. The molecule has 0 saturated carbocycles. The van der Waals surface area contributed by atoms with E-state index in [0.717, 1.165) is 0 Å². The van der Waals surface area contributed by atoms with Crippen molar-refractivity contribution in [1.29, 1.82) is 0 Å². The van der Waals surface area contributed by atoms with Crippen LogP contribution >= 0.6 is 23.5 Å². The molecule has 9 nitrogen and oxygen atoms in total. The molecule has 0 bridgehead atoms. The van der Waals surface area contributed by atoms with E-state index in [1.807, 2.05) is 0 Å². The van der Waals surface area contributed by atoms with Crippen molar-refractivity contribution >= 4 is 63.0 Å². The topological polar surface area (TPSA) is 134 Å². The lowest BCUT2D eigenvalue weighted by Crippen LogP contribution is -2.28. The van der Waals surface area contributed by atoms with Gasteiger partial charge in [0.15, 0.2) is 21.9 Å². The molecule has 2 amide bonds. The minimum atomic E-state index is -0.589. The minimum absolute atomic E-state index is 0.0185. The fraction of sp³-hybridized carbons (Fsp3) is 0.500. The van der Waals surface area contributed by atoms with E-state index in [-0.39, 0.29) is 34.4 Å². The third-order valence-electron chi connectivity index (χ3n) is 3.30. The first-order valence-corrected chi connectivity index (χ1v) is 10.3. The third-order valence-corrected chi connectivity index (χ3v) is 5.83. The van der Waals surface area contributed by atoms with Crippen molar-refractivity contribution in [2.24, 2.45) is 9.98 Å². The Kier molecular flexibility index (Phi) is 12.7. The highest BCUT2D eigenvalue weighted by molar-refractivity contribution is 8.16. The molecule has 0 aliphatic carbocycles. The molecule has 2 fully saturated rings. The monoisotopic (exact) mass is 442 g/mol. The van der Waals surface area contributed by atoms with Crippen LogP contribution in [0.15, 0.2) is 22.6 Å². The first kappa shape index (κ1) is 26.7. The first-order valence-electron chi connectivity index (χ1n) is 8.57. The zero-order valence-corrected chi connectivity index (χ0v) is 18.7. The Morgan fingerprint density at radius 3 is 1.79 bits per heavy atom. The van der Waals surface area contributed by atoms with Crippen LogP contribution in [0.2, 0.25) is 0 Å². The molecule has 0 aromatic heterocycles. The molecule has 2 aliphatic rings. The highest BCUT2D eigenvalue weighted by Crippen LogP contribution is 2.23. The Bertz CT molecular complexity index is 734. The van der Waals surface area contributed by atoms with Gasteiger partial charge in [0, 0.05) is 20.5 Å². The normalized spacial score (nSPS) is 22.7. The Morgan fingerprint density at radius 1 is 1.00 bits per heavy atom. The molecular weight excluding hydrogens is 416 g/mol. The smallest absolute Gasteiger partial charge is 0.247 e. The van der Waals surface area contributed by atoms with Crippen molar-refractivity contribution in [3.63, 3.8) is 0 Å². The molecule has 2 atom stereocenters. The molecule has 2 rings (SSSR count). The molecular formula is C18H26N4O5S2. The summed E-state index contributed by atoms with van der Waals surface area (Å²) in [5.74, 6) is -0.290. The predicted octanol–water partition coefficient (Wildman–Crippen LogP) is 1.13. The second-order valence-electron chi connectivity index (χ2n) is 5.81. The van der Waals surface area contributed by atoms with E-state index in [1.54, 1.807) is 14.1 Å². The lowest BCUT2D eigenvalue weighted by molar-refractivity contribution is -0.125. The number of Topliss-reactive ketones (excluding diaryl/α,β-unsaturated/α-hetero) is 2. The van der Waals surface area contributed by atoms with Crippen LogP contribution < -0.4 is 10.6 Å². The standard InChI is InChI=1S/C8H12N2O2S.C6H8N2O2S.C4H6O/c1-5(11)3-4-6-7(12)10-8(9-2)13-6;1-3(9)4-5(10)8-6(7-2)11-4;1-3-4(2)5/h6H,3-4H2,1-2H3,(H,9,10,12);4H,1-2H3,(H,7,8,10);3H,1H2,2H3. The van der Waals surface area contributed by atoms with E-state index >= 15 is 0 Å². The highest BCUT2D eigenvalue weighted by Gasteiger charge is 2.33. The maximum Gasteiger partial charge on any atom is 0.247 e. The molecule has 0 aromatic rings. The van der Waals surface area contributed by atoms with Gasteiger partial charge in [-0.25, -0.2) is 0 Å². The number of hydrogen-bond acceptors (Lipinski definition) is 9. The van der Waals surface area contributed by atoms with Crippen molar-refractivity contribution in [1.82, 2.24) is 10.6 Å². The average molecular weight is 443 g/mol. The van der Waals surface area contributed by atoms with Gasteiger partial charge >= 0.3 is 0 Å². The predicted molar refractivity (Wildman–Crippen MR) is 117 cm³/mol. The molecule has 0 aromatic carbocycles. The second kappa shape index (κ2) is 13.8. The number of thioether (sulfide) groups is 2. The number of hydrogen-bond donors (Lipinski definition) is 2. The first-order chi connectivity index (χ1) is 13.5. The Morgan fingerprint density at radius 2 is 1.48 bits per heavy atom. The van der Waals surface area contributed by atoms with E-state index < -0.39 is 5.25 Å². The maximum atomic E-state index is 11.2. The fourth-order valence-electron chi connectivity index (χ4n) is 1.78. The summed E-state index contributed by atoms with van der Waals surface area (Å²) in [4.78, 5) is 61.0. The Hall–Kier alpha value is -2.27. The van der Waals surface area contributed by atoms with E-state index in [2.05, 4.69) is 27.2 Å². The van der Waals surface area contributed by atoms with Crippen LogP contribution in [-0.4, -0.2) is 64.1 Å². The molecule has 11 heteroatoms. The number of nitrogens with one attached hydrogen (secondary N) is 2. The van der Waals surface area contributed by atoms with Gasteiger partial charge < -0.3 is 15.4 Å². The van der Waals surface area contributed by atoms with Gasteiger partial charge in [0.05, 0.1) is 5.25 Å². The van der Waals surface area contributed by atoms with Crippen molar-refractivity contribution in [3.05, 3.63) is 12.7 Å². The van der Waals surface area contributed by atoms with Gasteiger partial charge in [0.2, 0.25) is 11.8 Å². The lowest BCUT2D eigenvalue weighted by atomic mass is 10.2. The summed E-state index contributed by atoms with van der Waals surface area (Å²) >= 11 is 2.56. The summed E-state index contributed by atoms with van der Waals surface area (Å²) in [6.45, 7) is 7.61. The molecule has 0 spiro atoms. The van der Waals surface area contributed by atoms with Gasteiger partial charge in [0.25, 0.3) is 0 Å². The van der Waals surface area contributed by atoms with E-state index in [0.29, 0.717) is 23.2 Å². The van der Waals surface area contributed by atoms with Crippen molar-refractivity contribution in [2.45, 2.75) is 44.1 Å². The van der Waals surface area contributed by atoms with Crippen LogP contribution in [0.4, 0.5) is 0 Å². The van der Waals surface area contributed by atoms with Crippen LogP contribution in [0, 0.1) is 0 Å². The molecule has 2 N–H and O–H groups in total. The number of nitrogens with zero attached hydrogens (tertiary/aromatic N) is 2. The number of aliphatic imine (C=N–C) groups is 2. The van der Waals surface area contributed by atoms with Gasteiger partial charge in [-0.2, -0.15) is 0 Å². The maximum absolute atomic E-state index is 11.2. The van der Waals surface area contributed by atoms with Crippen LogP contribution in [0.25, 0.3) is 0 Å². The number of carbonyl (C=O) groups is 5. The van der Waals surface area contributed by atoms with Gasteiger partial charge in [0.1, 0.15) is 11.0 Å². The SMILES string of the molecule is C=CC(C)=O.CN=C1NC(=O)C(C(C)=O)S1.CN=C1NC(=O)C(CCC(C)=O)S1. The summed E-state index contributed by atoms with van der Waals surface area (Å²) in [7, 11) is 3.21. The van der Waals surface area contributed by atoms with Crippen molar-refractivity contribution in [2.75, 3.05) is 14.1 Å². The van der Waals surface area contributed by atoms with Crippen molar-refractivity contribution in [3.8, 4) is 0 Å². The molecule has 2 saturated heterocycles. The summed E-state index contributed by atoms with van der Waals surface area (Å²) in [6, 6.07) is 0. The van der Waals surface area contributed by atoms with E-state index in [4.69, 9.17) is 0 Å². The van der Waals surface area contributed by atoms with Gasteiger partial charge in [-0.3, -0.25) is 29.2 Å². The average Bonchev–Trinajstić information content (AvgIpc) is 3.23. The summed E-state index contributed by atoms with van der Waals surface area (Å²) in [5, 5.41) is 5.58. The number of rotatable bonds is 5. The minimum Gasteiger partial charge on any atom is -0.304 e. The molecule has 160 valence electrons. The second-order valence-corrected chi connectivity index (χ2v) is 8.09. The summed E-state index contributed by atoms with van der Waals surface area (Å²) in [6.07, 6.45) is 2.34. The molecule has 0 radical (unpaired) electrons. The zero-order valence-electron chi connectivity index (χ0n) is 17.1. The third kappa shape index (κ3) is 10.7. The number of allylic oxidation sites excluding steroid dienone is 1.